The van der Waals surface area contributed by atoms with Gasteiger partial charge in [-0.2, -0.15) is 0 Å². The van der Waals surface area contributed by atoms with Gasteiger partial charge >= 0.3 is 18.0 Å². The van der Waals surface area contributed by atoms with Crippen molar-refractivity contribution in [3.8, 4) is 5.75 Å². The van der Waals surface area contributed by atoms with Gasteiger partial charge in [-0.05, 0) is 62.4 Å². The van der Waals surface area contributed by atoms with E-state index in [0.717, 1.165) is 31.2 Å². The third-order valence-corrected chi connectivity index (χ3v) is 8.87. The highest BCUT2D eigenvalue weighted by atomic mass is 16.6. The van der Waals surface area contributed by atoms with Crippen molar-refractivity contribution >= 4 is 29.6 Å². The third-order valence-electron chi connectivity index (χ3n) is 8.87. The number of hydrogen-bond acceptors (Lipinski definition) is 9. The predicted octanol–water partition coefficient (Wildman–Crippen LogP) is 4.39. The quantitative estimate of drug-likeness (QED) is 0.190. The van der Waals surface area contributed by atoms with E-state index < -0.39 is 40.5 Å². The number of carbonyl (C=O) groups is 4. The predicted molar refractivity (Wildman–Crippen MR) is 169 cm³/mol. The Bertz CT molecular complexity index is 1510. The second-order valence-electron chi connectivity index (χ2n) is 12.1. The van der Waals surface area contributed by atoms with Gasteiger partial charge in [-0.3, -0.25) is 14.9 Å². The van der Waals surface area contributed by atoms with Crippen molar-refractivity contribution in [2.75, 3.05) is 26.8 Å². The third kappa shape index (κ3) is 7.72. The summed E-state index contributed by atoms with van der Waals surface area (Å²) < 4.78 is 16.4. The monoisotopic (exact) mass is 648 g/mol. The maximum atomic E-state index is 14.3. The lowest BCUT2D eigenvalue weighted by atomic mass is 10.1. The number of ether oxygens (including phenoxy) is 3. The number of rotatable bonds is 8. The fraction of sp³-hybridized carbons (Fsp3) is 0.471. The number of carbonyl (C=O) groups excluding carboxylic acids is 4. The smallest absolute Gasteiger partial charge is 0.338 e. The van der Waals surface area contributed by atoms with Crippen LogP contribution in [0.4, 0.5) is 10.5 Å². The fourth-order valence-electron chi connectivity index (χ4n) is 6.17. The molecular formula is C34H40N4O9. The highest BCUT2D eigenvalue weighted by Gasteiger charge is 2.62. The van der Waals surface area contributed by atoms with Gasteiger partial charge in [-0.15, -0.1) is 0 Å². The fourth-order valence-corrected chi connectivity index (χ4v) is 6.17. The number of amides is 3. The maximum absolute atomic E-state index is 14.3. The number of non-ortho nitro benzene ring substituents is 1. The summed E-state index contributed by atoms with van der Waals surface area (Å²) in [4.78, 5) is 68.0. The number of esters is 2. The minimum absolute atomic E-state index is 0.00603. The molecule has 2 aliphatic heterocycles. The van der Waals surface area contributed by atoms with Crippen LogP contribution in [0.25, 0.3) is 0 Å². The standard InChI is InChI=1S/C34H40N4O9/c1-3-46-32(41)34-20-25(34)9-7-5-4-6-8-18-36(21-23-10-16-27(45-2)17-11-23)33(42)37-22-28(19-29(37)30(39)35-34)47-31(40)24-12-14-26(15-13-24)38(43)44/h7,9-17,25,28-29H,3-6,8,18-22H2,1-2H3,(H,35,39)/t25-,28-,29+,34-/m1/s1. The number of benzene rings is 2. The van der Waals surface area contributed by atoms with Crippen LogP contribution in [0.15, 0.2) is 60.7 Å². The molecule has 2 aromatic carbocycles. The van der Waals surface area contributed by atoms with Crippen LogP contribution in [0.3, 0.4) is 0 Å². The lowest BCUT2D eigenvalue weighted by molar-refractivity contribution is -0.384. The van der Waals surface area contributed by atoms with Gasteiger partial charge in [-0.25, -0.2) is 14.4 Å². The molecule has 47 heavy (non-hydrogen) atoms. The molecule has 0 spiro atoms. The molecule has 2 heterocycles. The summed E-state index contributed by atoms with van der Waals surface area (Å²) in [6.45, 7) is 2.54. The Morgan fingerprint density at radius 2 is 1.81 bits per heavy atom. The summed E-state index contributed by atoms with van der Waals surface area (Å²) in [5.41, 5.74) is -0.417. The summed E-state index contributed by atoms with van der Waals surface area (Å²) in [5.74, 6) is -1.33. The average Bonchev–Trinajstić information content (AvgIpc) is 3.60. The Labute approximate surface area is 273 Å². The van der Waals surface area contributed by atoms with Crippen LogP contribution >= 0.6 is 0 Å². The molecule has 2 fully saturated rings. The number of methoxy groups -OCH3 is 1. The largest absolute Gasteiger partial charge is 0.497 e. The van der Waals surface area contributed by atoms with E-state index >= 15 is 0 Å². The minimum atomic E-state index is -1.23. The van der Waals surface area contributed by atoms with Crippen LogP contribution < -0.4 is 10.1 Å². The van der Waals surface area contributed by atoms with Gasteiger partial charge in [-0.1, -0.05) is 30.7 Å². The summed E-state index contributed by atoms with van der Waals surface area (Å²) in [5, 5.41) is 14.0. The van der Waals surface area contributed by atoms with E-state index in [1.807, 2.05) is 36.4 Å². The van der Waals surface area contributed by atoms with Crippen molar-refractivity contribution in [1.82, 2.24) is 15.1 Å². The minimum Gasteiger partial charge on any atom is -0.497 e. The molecular weight excluding hydrogens is 608 g/mol. The number of nitrogens with zero attached hydrogens (tertiary/aromatic N) is 3. The Morgan fingerprint density at radius 1 is 1.06 bits per heavy atom. The normalized spacial score (nSPS) is 24.6. The first-order valence-corrected chi connectivity index (χ1v) is 15.9. The lowest BCUT2D eigenvalue weighted by Crippen LogP contribution is -2.55. The molecule has 13 heteroatoms. The Hall–Kier alpha value is -4.94. The maximum Gasteiger partial charge on any atom is 0.338 e. The van der Waals surface area contributed by atoms with E-state index in [0.29, 0.717) is 18.7 Å². The van der Waals surface area contributed by atoms with Gasteiger partial charge < -0.3 is 29.3 Å². The highest BCUT2D eigenvalue weighted by molar-refractivity contribution is 5.95. The molecule has 0 radical (unpaired) electrons. The highest BCUT2D eigenvalue weighted by Crippen LogP contribution is 2.46. The number of nitrogens with one attached hydrogen (secondary N) is 1. The van der Waals surface area contributed by atoms with E-state index in [1.54, 1.807) is 18.9 Å². The first-order valence-electron chi connectivity index (χ1n) is 15.9. The van der Waals surface area contributed by atoms with Crippen molar-refractivity contribution in [3.05, 3.63) is 81.9 Å². The molecule has 1 saturated heterocycles. The van der Waals surface area contributed by atoms with Crippen LogP contribution in [-0.4, -0.2) is 83.1 Å². The molecule has 3 amide bonds. The van der Waals surface area contributed by atoms with Crippen LogP contribution in [0.5, 0.6) is 5.75 Å². The van der Waals surface area contributed by atoms with Gasteiger partial charge in [0.1, 0.15) is 23.4 Å². The van der Waals surface area contributed by atoms with Crippen LogP contribution in [0, 0.1) is 16.0 Å². The van der Waals surface area contributed by atoms with E-state index in [4.69, 9.17) is 14.2 Å². The van der Waals surface area contributed by atoms with Gasteiger partial charge in [0.15, 0.2) is 0 Å². The zero-order valence-corrected chi connectivity index (χ0v) is 26.6. The van der Waals surface area contributed by atoms with Crippen LogP contribution in [0.2, 0.25) is 0 Å². The first kappa shape index (κ1) is 33.4. The summed E-state index contributed by atoms with van der Waals surface area (Å²) in [6, 6.07) is 11.0. The molecule has 250 valence electrons. The molecule has 1 aliphatic carbocycles. The molecule has 3 aliphatic rings. The van der Waals surface area contributed by atoms with Gasteiger partial charge in [0, 0.05) is 37.6 Å². The van der Waals surface area contributed by atoms with Crippen LogP contribution in [-0.2, 0) is 25.6 Å². The number of fused-ring (bicyclic) bond motifs is 2. The number of nitro benzene ring substituents is 1. The van der Waals surface area contributed by atoms with Gasteiger partial charge in [0.25, 0.3) is 5.69 Å². The van der Waals surface area contributed by atoms with E-state index in [9.17, 15) is 29.3 Å². The summed E-state index contributed by atoms with van der Waals surface area (Å²) in [7, 11) is 1.58. The Balaban J connectivity index is 1.42. The van der Waals surface area contributed by atoms with Crippen molar-refractivity contribution in [1.29, 1.82) is 0 Å². The zero-order valence-electron chi connectivity index (χ0n) is 26.6. The number of allylic oxidation sites excluding steroid dienone is 1. The Morgan fingerprint density at radius 3 is 2.49 bits per heavy atom. The molecule has 2 aromatic rings. The SMILES string of the molecule is CCOC(=O)[C@@]12C[C@H]1C=CCCCCCN(Cc1ccc(OC)cc1)C(=O)N1C[C@H](OC(=O)c3ccc([N+](=O)[O-])cc3)C[C@H]1C(=O)N2. The molecule has 5 rings (SSSR count). The van der Waals surface area contributed by atoms with Gasteiger partial charge in [0.2, 0.25) is 5.91 Å². The molecule has 0 unspecified atom stereocenters. The van der Waals surface area contributed by atoms with Crippen molar-refractivity contribution < 1.29 is 38.3 Å². The Kier molecular flexibility index (Phi) is 10.4. The second kappa shape index (κ2) is 14.7. The van der Waals surface area contributed by atoms with Crippen molar-refractivity contribution in [2.24, 2.45) is 5.92 Å². The lowest BCUT2D eigenvalue weighted by Gasteiger charge is -2.32. The number of urea groups is 1. The molecule has 1 saturated carbocycles. The first-order chi connectivity index (χ1) is 22.6. The number of nitro groups is 1. The number of hydrogen-bond donors (Lipinski definition) is 1. The molecule has 1 N–H and O–H groups in total. The van der Waals surface area contributed by atoms with E-state index in [1.165, 1.54) is 29.2 Å². The van der Waals surface area contributed by atoms with Crippen LogP contribution in [0.1, 0.15) is 61.4 Å². The average molecular weight is 649 g/mol. The summed E-state index contributed by atoms with van der Waals surface area (Å²) >= 11 is 0. The van der Waals surface area contributed by atoms with E-state index in [-0.39, 0.29) is 49.3 Å². The van der Waals surface area contributed by atoms with Crippen molar-refractivity contribution in [2.45, 2.75) is 69.7 Å². The van der Waals surface area contributed by atoms with Crippen molar-refractivity contribution in [3.63, 3.8) is 0 Å². The molecule has 4 atom stereocenters. The zero-order chi connectivity index (χ0) is 33.6. The molecule has 0 bridgehead atoms. The summed E-state index contributed by atoms with van der Waals surface area (Å²) in [6.07, 6.45) is 6.88. The van der Waals surface area contributed by atoms with Gasteiger partial charge in [0.05, 0.1) is 30.7 Å². The topological polar surface area (TPSA) is 158 Å². The molecule has 0 aromatic heterocycles. The molecule has 13 nitrogen and oxygen atoms in total. The second-order valence-corrected chi connectivity index (χ2v) is 12.1. The van der Waals surface area contributed by atoms with E-state index in [2.05, 4.69) is 5.32 Å².